The van der Waals surface area contributed by atoms with Crippen molar-refractivity contribution in [1.29, 1.82) is 0 Å². The van der Waals surface area contributed by atoms with Crippen LogP contribution in [-0.4, -0.2) is 20.9 Å². The van der Waals surface area contributed by atoms with Gasteiger partial charge in [0.15, 0.2) is 11.1 Å². The van der Waals surface area contributed by atoms with E-state index in [4.69, 9.17) is 4.18 Å². The predicted octanol–water partition coefficient (Wildman–Crippen LogP) is 2.91. The van der Waals surface area contributed by atoms with E-state index >= 15 is 0 Å². The molecule has 0 spiro atoms. The molecule has 4 nitrogen and oxygen atoms in total. The monoisotopic (exact) mass is 286 g/mol. The lowest BCUT2D eigenvalue weighted by molar-refractivity contribution is 0.446. The molecular formula is C15H14N2O2S. The fourth-order valence-corrected chi connectivity index (χ4v) is 2.98. The SMILES string of the molecule is COS(=O)c1ccccc1-c1nc2ccccc2n1C. The first-order valence-electron chi connectivity index (χ1n) is 6.19. The molecule has 1 heterocycles. The molecule has 3 rings (SSSR count). The average Bonchev–Trinajstić information content (AvgIpc) is 2.84. The number of para-hydroxylation sites is 2. The minimum atomic E-state index is -1.49. The molecule has 1 aromatic heterocycles. The zero-order chi connectivity index (χ0) is 14.1. The van der Waals surface area contributed by atoms with Gasteiger partial charge in [-0.15, -0.1) is 0 Å². The molecule has 0 fully saturated rings. The van der Waals surface area contributed by atoms with Crippen LogP contribution in [0.15, 0.2) is 53.4 Å². The van der Waals surface area contributed by atoms with E-state index in [-0.39, 0.29) is 0 Å². The van der Waals surface area contributed by atoms with Gasteiger partial charge in [-0.3, -0.25) is 4.18 Å². The number of fused-ring (bicyclic) bond motifs is 1. The largest absolute Gasteiger partial charge is 0.327 e. The Hall–Kier alpha value is -1.98. The van der Waals surface area contributed by atoms with Gasteiger partial charge in [-0.05, 0) is 24.3 Å². The van der Waals surface area contributed by atoms with E-state index in [0.29, 0.717) is 4.90 Å². The van der Waals surface area contributed by atoms with Gasteiger partial charge in [-0.2, -0.15) is 0 Å². The van der Waals surface area contributed by atoms with E-state index in [2.05, 4.69) is 4.98 Å². The van der Waals surface area contributed by atoms with E-state index in [1.807, 2.05) is 54.1 Å². The molecule has 0 aliphatic rings. The van der Waals surface area contributed by atoms with Crippen molar-refractivity contribution in [3.8, 4) is 11.4 Å². The maximum atomic E-state index is 12.0. The summed E-state index contributed by atoms with van der Waals surface area (Å²) >= 11 is -1.49. The number of nitrogens with zero attached hydrogens (tertiary/aromatic N) is 2. The van der Waals surface area contributed by atoms with E-state index in [9.17, 15) is 4.21 Å². The number of aryl methyl sites for hydroxylation is 1. The highest BCUT2D eigenvalue weighted by molar-refractivity contribution is 7.80. The third kappa shape index (κ3) is 2.05. The number of benzene rings is 2. The Bertz CT molecular complexity index is 795. The molecule has 20 heavy (non-hydrogen) atoms. The van der Waals surface area contributed by atoms with Crippen LogP contribution in [0, 0.1) is 0 Å². The Kier molecular flexibility index (Phi) is 3.38. The Morgan fingerprint density at radius 3 is 2.55 bits per heavy atom. The summed E-state index contributed by atoms with van der Waals surface area (Å²) in [6.45, 7) is 0. The molecule has 5 heteroatoms. The maximum Gasteiger partial charge on any atom is 0.189 e. The van der Waals surface area contributed by atoms with Gasteiger partial charge in [-0.1, -0.05) is 24.3 Å². The second-order valence-electron chi connectivity index (χ2n) is 4.38. The van der Waals surface area contributed by atoms with Crippen LogP contribution < -0.4 is 0 Å². The Labute approximate surface area is 119 Å². The second-order valence-corrected chi connectivity index (χ2v) is 5.62. The van der Waals surface area contributed by atoms with Crippen molar-refractivity contribution in [1.82, 2.24) is 9.55 Å². The number of hydrogen-bond acceptors (Lipinski definition) is 3. The first kappa shape index (κ1) is 13.0. The van der Waals surface area contributed by atoms with Gasteiger partial charge in [0.2, 0.25) is 0 Å². The number of hydrogen-bond donors (Lipinski definition) is 0. The van der Waals surface area contributed by atoms with E-state index in [1.165, 1.54) is 7.11 Å². The lowest BCUT2D eigenvalue weighted by Crippen LogP contribution is -2.00. The number of imidazole rings is 1. The maximum absolute atomic E-state index is 12.0. The van der Waals surface area contributed by atoms with Gasteiger partial charge >= 0.3 is 0 Å². The van der Waals surface area contributed by atoms with E-state index < -0.39 is 11.1 Å². The molecule has 0 radical (unpaired) electrons. The third-order valence-corrected chi connectivity index (χ3v) is 4.26. The second kappa shape index (κ2) is 5.19. The summed E-state index contributed by atoms with van der Waals surface area (Å²) in [7, 11) is 3.39. The van der Waals surface area contributed by atoms with Gasteiger partial charge in [-0.25, -0.2) is 9.19 Å². The highest BCUT2D eigenvalue weighted by Gasteiger charge is 2.16. The fourth-order valence-electron chi connectivity index (χ4n) is 2.27. The van der Waals surface area contributed by atoms with Crippen molar-refractivity contribution in [2.75, 3.05) is 7.11 Å². The van der Waals surface area contributed by atoms with Crippen molar-refractivity contribution in [3.63, 3.8) is 0 Å². The van der Waals surface area contributed by atoms with Crippen molar-refractivity contribution < 1.29 is 8.39 Å². The van der Waals surface area contributed by atoms with Crippen LogP contribution in [0.3, 0.4) is 0 Å². The molecule has 0 saturated heterocycles. The van der Waals surface area contributed by atoms with Crippen LogP contribution in [0.5, 0.6) is 0 Å². The quantitative estimate of drug-likeness (QED) is 0.743. The summed E-state index contributed by atoms with van der Waals surface area (Å²) in [5.74, 6) is 0.784. The molecule has 0 bridgehead atoms. The average molecular weight is 286 g/mol. The zero-order valence-corrected chi connectivity index (χ0v) is 12.1. The Balaban J connectivity index is 2.26. The Morgan fingerprint density at radius 1 is 1.10 bits per heavy atom. The topological polar surface area (TPSA) is 44.1 Å². The molecule has 2 aromatic carbocycles. The van der Waals surface area contributed by atoms with Crippen molar-refractivity contribution in [3.05, 3.63) is 48.5 Å². The summed E-state index contributed by atoms with van der Waals surface area (Å²) < 4.78 is 18.9. The minimum Gasteiger partial charge on any atom is -0.327 e. The van der Waals surface area contributed by atoms with Gasteiger partial charge in [0.1, 0.15) is 5.82 Å². The molecule has 0 saturated carbocycles. The molecule has 0 amide bonds. The van der Waals surface area contributed by atoms with Crippen LogP contribution in [0.4, 0.5) is 0 Å². The van der Waals surface area contributed by atoms with E-state index in [1.54, 1.807) is 6.07 Å². The van der Waals surface area contributed by atoms with Crippen molar-refractivity contribution in [2.24, 2.45) is 7.05 Å². The highest BCUT2D eigenvalue weighted by atomic mass is 32.2. The van der Waals surface area contributed by atoms with Crippen LogP contribution >= 0.6 is 0 Å². The smallest absolute Gasteiger partial charge is 0.189 e. The molecule has 0 aliphatic heterocycles. The van der Waals surface area contributed by atoms with Crippen LogP contribution in [0.1, 0.15) is 0 Å². The molecule has 1 unspecified atom stereocenters. The molecule has 0 aliphatic carbocycles. The first-order chi connectivity index (χ1) is 9.72. The molecule has 0 N–H and O–H groups in total. The molecule has 1 atom stereocenters. The van der Waals surface area contributed by atoms with E-state index in [0.717, 1.165) is 22.4 Å². The molecule has 102 valence electrons. The summed E-state index contributed by atoms with van der Waals surface area (Å²) in [4.78, 5) is 5.27. The standard InChI is InChI=1S/C15H14N2O2S/c1-17-13-9-5-4-8-12(13)16-15(17)11-7-3-6-10-14(11)20(18)19-2/h3-10H,1-2H3. The first-order valence-corrected chi connectivity index (χ1v) is 7.27. The predicted molar refractivity (Wildman–Crippen MR) is 79.6 cm³/mol. The number of aromatic nitrogens is 2. The van der Waals surface area contributed by atoms with Crippen LogP contribution in [0.2, 0.25) is 0 Å². The van der Waals surface area contributed by atoms with Crippen LogP contribution in [0.25, 0.3) is 22.4 Å². The molecule has 3 aromatic rings. The number of rotatable bonds is 3. The summed E-state index contributed by atoms with van der Waals surface area (Å²) in [5, 5.41) is 0. The minimum absolute atomic E-state index is 0.633. The van der Waals surface area contributed by atoms with Crippen LogP contribution in [-0.2, 0) is 22.3 Å². The van der Waals surface area contributed by atoms with Crippen molar-refractivity contribution >= 4 is 22.1 Å². The summed E-state index contributed by atoms with van der Waals surface area (Å²) in [6, 6.07) is 15.4. The van der Waals surface area contributed by atoms with Gasteiger partial charge in [0.25, 0.3) is 0 Å². The van der Waals surface area contributed by atoms with Gasteiger partial charge < -0.3 is 4.57 Å². The normalized spacial score (nSPS) is 12.7. The molecular weight excluding hydrogens is 272 g/mol. The zero-order valence-electron chi connectivity index (χ0n) is 11.2. The fraction of sp³-hybridized carbons (Fsp3) is 0.133. The lowest BCUT2D eigenvalue weighted by Gasteiger charge is -2.07. The third-order valence-electron chi connectivity index (χ3n) is 3.25. The highest BCUT2D eigenvalue weighted by Crippen LogP contribution is 2.28. The van der Waals surface area contributed by atoms with Gasteiger partial charge in [0, 0.05) is 12.6 Å². The van der Waals surface area contributed by atoms with Crippen molar-refractivity contribution in [2.45, 2.75) is 4.90 Å². The lowest BCUT2D eigenvalue weighted by atomic mass is 10.2. The van der Waals surface area contributed by atoms with Gasteiger partial charge in [0.05, 0.1) is 23.0 Å². The summed E-state index contributed by atoms with van der Waals surface area (Å²) in [6.07, 6.45) is 0. The Morgan fingerprint density at radius 2 is 1.80 bits per heavy atom. The summed E-state index contributed by atoms with van der Waals surface area (Å²) in [5.41, 5.74) is 2.79.